The highest BCUT2D eigenvalue weighted by atomic mass is 35.5. The van der Waals surface area contributed by atoms with E-state index in [1.807, 2.05) is 24.3 Å². The predicted octanol–water partition coefficient (Wildman–Crippen LogP) is 2.44. The molecule has 0 saturated carbocycles. The first kappa shape index (κ1) is 21.7. The van der Waals surface area contributed by atoms with Crippen molar-refractivity contribution in [3.8, 4) is 5.75 Å². The van der Waals surface area contributed by atoms with Gasteiger partial charge in [0.25, 0.3) is 0 Å². The fraction of sp³-hybridized carbons (Fsp3) is 0.632. The average Bonchev–Trinajstić information content (AvgIpc) is 2.65. The van der Waals surface area contributed by atoms with Crippen LogP contribution in [0.1, 0.15) is 32.3 Å². The number of nitrogens with one attached hydrogen (secondary N) is 2. The molecule has 142 valence electrons. The second-order valence-corrected chi connectivity index (χ2v) is 6.23. The lowest BCUT2D eigenvalue weighted by molar-refractivity contribution is -0.125. The minimum absolute atomic E-state index is 0. The summed E-state index contributed by atoms with van der Waals surface area (Å²) in [6.45, 7) is 10.4. The van der Waals surface area contributed by atoms with Gasteiger partial charge in [0.05, 0.1) is 0 Å². The zero-order valence-electron chi connectivity index (χ0n) is 15.4. The molecule has 6 heteroatoms. The number of likely N-dealkylation sites (N-methyl/N-ethyl adjacent to an activating group) is 1. The third-order valence-electron chi connectivity index (χ3n) is 4.70. The highest BCUT2D eigenvalue weighted by Gasteiger charge is 2.20. The van der Waals surface area contributed by atoms with Gasteiger partial charge in [0.2, 0.25) is 5.91 Å². The van der Waals surface area contributed by atoms with Gasteiger partial charge in [-0.05, 0) is 45.1 Å². The van der Waals surface area contributed by atoms with Crippen LogP contribution >= 0.6 is 12.4 Å². The highest BCUT2D eigenvalue weighted by molar-refractivity contribution is 5.85. The maximum absolute atomic E-state index is 12.3. The standard InChI is InChI=1S/C19H31N3O2.ClH/c1-3-22(4-2)13-14-24-18-8-6-5-7-17(18)15-21-19(23)16-9-11-20-12-10-16;/h5-8,16,20H,3-4,9-15H2,1-2H3,(H,21,23);1H. The van der Waals surface area contributed by atoms with Crippen molar-refractivity contribution in [2.75, 3.05) is 39.3 Å². The molecule has 1 aromatic carbocycles. The molecule has 5 nitrogen and oxygen atoms in total. The molecule has 0 aliphatic carbocycles. The molecule has 0 radical (unpaired) electrons. The molecule has 2 rings (SSSR count). The molecule has 1 heterocycles. The molecular formula is C19H32ClN3O2. The Labute approximate surface area is 157 Å². The molecule has 0 atom stereocenters. The molecule has 0 unspecified atom stereocenters. The van der Waals surface area contributed by atoms with Gasteiger partial charge in [0.1, 0.15) is 12.4 Å². The summed E-state index contributed by atoms with van der Waals surface area (Å²) in [5, 5.41) is 6.36. The normalized spacial score (nSPS) is 14.8. The number of carbonyl (C=O) groups is 1. The lowest BCUT2D eigenvalue weighted by Gasteiger charge is -2.22. The van der Waals surface area contributed by atoms with E-state index in [1.165, 1.54) is 0 Å². The number of benzene rings is 1. The van der Waals surface area contributed by atoms with E-state index in [1.54, 1.807) is 0 Å². The number of halogens is 1. The number of piperidine rings is 1. The zero-order valence-corrected chi connectivity index (χ0v) is 16.2. The summed E-state index contributed by atoms with van der Waals surface area (Å²) < 4.78 is 5.95. The van der Waals surface area contributed by atoms with Gasteiger partial charge in [-0.25, -0.2) is 0 Å². The van der Waals surface area contributed by atoms with Crippen LogP contribution in [0.2, 0.25) is 0 Å². The lowest BCUT2D eigenvalue weighted by Crippen LogP contribution is -2.37. The predicted molar refractivity (Wildman–Crippen MR) is 104 cm³/mol. The first-order valence-electron chi connectivity index (χ1n) is 9.16. The number of rotatable bonds is 9. The van der Waals surface area contributed by atoms with Gasteiger partial charge >= 0.3 is 0 Å². The van der Waals surface area contributed by atoms with E-state index in [0.717, 1.165) is 56.9 Å². The minimum atomic E-state index is 0. The van der Waals surface area contributed by atoms with Crippen molar-refractivity contribution >= 4 is 18.3 Å². The molecule has 0 spiro atoms. The van der Waals surface area contributed by atoms with Crippen molar-refractivity contribution in [3.63, 3.8) is 0 Å². The largest absolute Gasteiger partial charge is 0.492 e. The summed E-state index contributed by atoms with van der Waals surface area (Å²) >= 11 is 0. The Balaban J connectivity index is 0.00000312. The molecule has 25 heavy (non-hydrogen) atoms. The van der Waals surface area contributed by atoms with Gasteiger partial charge in [-0.2, -0.15) is 0 Å². The molecule has 1 aromatic rings. The summed E-state index contributed by atoms with van der Waals surface area (Å²) in [5.74, 6) is 1.17. The maximum atomic E-state index is 12.3. The summed E-state index contributed by atoms with van der Waals surface area (Å²) in [4.78, 5) is 14.6. The number of amides is 1. The van der Waals surface area contributed by atoms with E-state index in [4.69, 9.17) is 4.74 Å². The molecule has 1 amide bonds. The first-order chi connectivity index (χ1) is 11.7. The van der Waals surface area contributed by atoms with Crippen molar-refractivity contribution in [2.45, 2.75) is 33.2 Å². The topological polar surface area (TPSA) is 53.6 Å². The third kappa shape index (κ3) is 7.22. The Morgan fingerprint density at radius 3 is 2.60 bits per heavy atom. The fourth-order valence-electron chi connectivity index (χ4n) is 3.03. The second kappa shape index (κ2) is 12.1. The highest BCUT2D eigenvalue weighted by Crippen LogP contribution is 2.18. The molecule has 2 N–H and O–H groups in total. The number of hydrogen-bond acceptors (Lipinski definition) is 4. The van der Waals surface area contributed by atoms with Crippen LogP contribution in [0, 0.1) is 5.92 Å². The Bertz CT molecular complexity index is 503. The van der Waals surface area contributed by atoms with Crippen molar-refractivity contribution in [1.82, 2.24) is 15.5 Å². The van der Waals surface area contributed by atoms with Crippen LogP contribution in [-0.4, -0.2) is 50.1 Å². The van der Waals surface area contributed by atoms with E-state index >= 15 is 0 Å². The number of hydrogen-bond donors (Lipinski definition) is 2. The molecule has 0 aromatic heterocycles. The zero-order chi connectivity index (χ0) is 17.2. The monoisotopic (exact) mass is 369 g/mol. The summed E-state index contributed by atoms with van der Waals surface area (Å²) in [7, 11) is 0. The van der Waals surface area contributed by atoms with Crippen molar-refractivity contribution in [3.05, 3.63) is 29.8 Å². The van der Waals surface area contributed by atoms with Crippen molar-refractivity contribution < 1.29 is 9.53 Å². The van der Waals surface area contributed by atoms with E-state index in [2.05, 4.69) is 29.4 Å². The van der Waals surface area contributed by atoms with Gasteiger partial charge in [-0.1, -0.05) is 32.0 Å². The van der Waals surface area contributed by atoms with Crippen LogP contribution in [0.4, 0.5) is 0 Å². The van der Waals surface area contributed by atoms with Crippen LogP contribution in [0.25, 0.3) is 0 Å². The Kier molecular flexibility index (Phi) is 10.5. The Hall–Kier alpha value is -1.30. The van der Waals surface area contributed by atoms with Crippen LogP contribution in [-0.2, 0) is 11.3 Å². The van der Waals surface area contributed by atoms with Gasteiger partial charge < -0.3 is 20.3 Å². The quantitative estimate of drug-likeness (QED) is 0.702. The van der Waals surface area contributed by atoms with Gasteiger partial charge in [-0.3, -0.25) is 4.79 Å². The summed E-state index contributed by atoms with van der Waals surface area (Å²) in [6.07, 6.45) is 1.85. The maximum Gasteiger partial charge on any atom is 0.223 e. The number of carbonyl (C=O) groups excluding carboxylic acids is 1. The lowest BCUT2D eigenvalue weighted by atomic mass is 9.97. The van der Waals surface area contributed by atoms with Crippen molar-refractivity contribution in [1.29, 1.82) is 0 Å². The fourth-order valence-corrected chi connectivity index (χ4v) is 3.03. The first-order valence-corrected chi connectivity index (χ1v) is 9.16. The SMILES string of the molecule is CCN(CC)CCOc1ccccc1CNC(=O)C1CCNCC1.Cl. The number of nitrogens with zero attached hydrogens (tertiary/aromatic N) is 1. The van der Waals surface area contributed by atoms with Crippen LogP contribution in [0.3, 0.4) is 0 Å². The average molecular weight is 370 g/mol. The number of ether oxygens (including phenoxy) is 1. The van der Waals surface area contributed by atoms with Crippen LogP contribution < -0.4 is 15.4 Å². The van der Waals surface area contributed by atoms with E-state index < -0.39 is 0 Å². The second-order valence-electron chi connectivity index (χ2n) is 6.23. The molecule has 1 saturated heterocycles. The van der Waals surface area contributed by atoms with E-state index in [-0.39, 0.29) is 24.2 Å². The molecule has 0 bridgehead atoms. The number of para-hydroxylation sites is 1. The smallest absolute Gasteiger partial charge is 0.223 e. The van der Waals surface area contributed by atoms with Crippen LogP contribution in [0.5, 0.6) is 5.75 Å². The Morgan fingerprint density at radius 2 is 1.92 bits per heavy atom. The summed E-state index contributed by atoms with van der Waals surface area (Å²) in [6, 6.07) is 7.97. The Morgan fingerprint density at radius 1 is 1.24 bits per heavy atom. The van der Waals surface area contributed by atoms with E-state index in [0.29, 0.717) is 13.2 Å². The minimum Gasteiger partial charge on any atom is -0.492 e. The van der Waals surface area contributed by atoms with Crippen LogP contribution in [0.15, 0.2) is 24.3 Å². The molecule has 1 aliphatic rings. The third-order valence-corrected chi connectivity index (χ3v) is 4.70. The van der Waals surface area contributed by atoms with Gasteiger partial charge in [0.15, 0.2) is 0 Å². The van der Waals surface area contributed by atoms with Gasteiger partial charge in [-0.15, -0.1) is 12.4 Å². The molecule has 1 fully saturated rings. The van der Waals surface area contributed by atoms with Crippen molar-refractivity contribution in [2.24, 2.45) is 5.92 Å². The van der Waals surface area contributed by atoms with Gasteiger partial charge in [0, 0.05) is 24.6 Å². The summed E-state index contributed by atoms with van der Waals surface area (Å²) in [5.41, 5.74) is 1.04. The van der Waals surface area contributed by atoms with E-state index in [9.17, 15) is 4.79 Å². The molecular weight excluding hydrogens is 338 g/mol. The molecule has 1 aliphatic heterocycles.